The van der Waals surface area contributed by atoms with Crippen molar-refractivity contribution in [3.63, 3.8) is 0 Å². The molecule has 1 aliphatic rings. The van der Waals surface area contributed by atoms with Crippen LogP contribution in [0.1, 0.15) is 24.7 Å². The number of hydrogen-bond acceptors (Lipinski definition) is 5. The Morgan fingerprint density at radius 2 is 2.00 bits per heavy atom. The van der Waals surface area contributed by atoms with Crippen LogP contribution in [-0.4, -0.2) is 52.8 Å². The van der Waals surface area contributed by atoms with Crippen molar-refractivity contribution in [3.8, 4) is 0 Å². The highest BCUT2D eigenvalue weighted by Crippen LogP contribution is 2.29. The lowest BCUT2D eigenvalue weighted by molar-refractivity contribution is -0.132. The molecule has 0 unspecified atom stereocenters. The van der Waals surface area contributed by atoms with Gasteiger partial charge in [-0.25, -0.2) is 9.78 Å². The first-order valence-corrected chi connectivity index (χ1v) is 7.80. The molecule has 1 aromatic heterocycles. The first kappa shape index (κ1) is 16.2. The maximum Gasteiger partial charge on any atom is 0.331 e. The second-order valence-corrected chi connectivity index (χ2v) is 6.97. The molecule has 120 valence electrons. The monoisotopic (exact) mass is 328 g/mol. The van der Waals surface area contributed by atoms with Crippen molar-refractivity contribution in [2.75, 3.05) is 19.4 Å². The molecule has 2 rings (SSSR count). The van der Waals surface area contributed by atoms with Crippen molar-refractivity contribution in [2.24, 2.45) is 0 Å². The van der Waals surface area contributed by atoms with E-state index in [0.29, 0.717) is 5.69 Å². The van der Waals surface area contributed by atoms with E-state index in [-0.39, 0.29) is 30.1 Å². The van der Waals surface area contributed by atoms with Crippen LogP contribution >= 0.6 is 0 Å². The molecule has 1 aliphatic carbocycles. The van der Waals surface area contributed by atoms with Crippen LogP contribution in [0.2, 0.25) is 0 Å². The molecule has 0 bridgehead atoms. The molecule has 0 aromatic carbocycles. The third-order valence-electron chi connectivity index (χ3n) is 3.16. The molecule has 9 nitrogen and oxygen atoms in total. The van der Waals surface area contributed by atoms with Gasteiger partial charge in [0.15, 0.2) is 0 Å². The zero-order valence-electron chi connectivity index (χ0n) is 12.3. The fourth-order valence-electron chi connectivity index (χ4n) is 2.11. The van der Waals surface area contributed by atoms with Gasteiger partial charge in [0.2, 0.25) is 11.9 Å². The van der Waals surface area contributed by atoms with Crippen LogP contribution < -0.4 is 5.32 Å². The summed E-state index contributed by atoms with van der Waals surface area (Å²) >= 11 is 0. The van der Waals surface area contributed by atoms with Crippen molar-refractivity contribution in [3.05, 3.63) is 17.0 Å². The summed E-state index contributed by atoms with van der Waals surface area (Å²) in [6.45, 7) is 1.23. The Balaban J connectivity index is 2.68. The molecule has 0 saturated heterocycles. The van der Waals surface area contributed by atoms with Crippen LogP contribution in [0.5, 0.6) is 0 Å². The van der Waals surface area contributed by atoms with Crippen molar-refractivity contribution < 1.29 is 23.1 Å². The first-order valence-electron chi connectivity index (χ1n) is 6.40. The van der Waals surface area contributed by atoms with Gasteiger partial charge in [0, 0.05) is 26.6 Å². The van der Waals surface area contributed by atoms with Gasteiger partial charge >= 0.3 is 16.2 Å². The lowest BCUT2D eigenvalue weighted by Gasteiger charge is -2.18. The normalized spacial score (nSPS) is 14.5. The van der Waals surface area contributed by atoms with Crippen LogP contribution in [0.15, 0.2) is 5.57 Å². The van der Waals surface area contributed by atoms with Crippen LogP contribution in [0.25, 0.3) is 6.08 Å². The zero-order valence-corrected chi connectivity index (χ0v) is 13.1. The smallest absolute Gasteiger partial charge is 0.331 e. The molecule has 0 fully saturated rings. The Kier molecular flexibility index (Phi) is 4.07. The van der Waals surface area contributed by atoms with Gasteiger partial charge in [-0.15, -0.1) is 0 Å². The first-order chi connectivity index (χ1) is 10.1. The fourth-order valence-corrected chi connectivity index (χ4v) is 3.20. The summed E-state index contributed by atoms with van der Waals surface area (Å²) in [5.41, 5.74) is 0.731. The molecule has 2 N–H and O–H groups in total. The number of fused-ring (bicyclic) bond motifs is 1. The number of hydrogen-bond donors (Lipinski definition) is 2. The minimum Gasteiger partial charge on any atom is -0.478 e. The summed E-state index contributed by atoms with van der Waals surface area (Å²) < 4.78 is 26.8. The highest BCUT2D eigenvalue weighted by molar-refractivity contribution is 7.87. The topological polar surface area (TPSA) is 122 Å². The molecule has 1 heterocycles. The number of carbonyl (C=O) groups is 2. The summed E-state index contributed by atoms with van der Waals surface area (Å²) in [7, 11) is -1.17. The van der Waals surface area contributed by atoms with Crippen LogP contribution in [-0.2, 0) is 26.2 Å². The van der Waals surface area contributed by atoms with Crippen LogP contribution in [0.4, 0.5) is 5.95 Å². The lowest BCUT2D eigenvalue weighted by Crippen LogP contribution is -2.32. The number of imidazole rings is 1. The standard InChI is InChI=1S/C12H16N4O5S/c1-7(17)13-12-14-9-6-8(11(18)19)4-5-10(9)16(12)22(20,21)15(2)3/h6H,4-5H2,1-3H3,(H,18,19)(H,13,14,17). The Bertz CT molecular complexity index is 776. The second kappa shape index (κ2) is 5.54. The van der Waals surface area contributed by atoms with Crippen LogP contribution in [0, 0.1) is 0 Å². The summed E-state index contributed by atoms with van der Waals surface area (Å²) in [6, 6.07) is 0. The minimum absolute atomic E-state index is 0.144. The Morgan fingerprint density at radius 1 is 1.36 bits per heavy atom. The summed E-state index contributed by atoms with van der Waals surface area (Å²) in [4.78, 5) is 26.4. The number of carbonyl (C=O) groups excluding carboxylic acids is 1. The average molecular weight is 328 g/mol. The summed E-state index contributed by atoms with van der Waals surface area (Å²) in [6.07, 6.45) is 1.72. The van der Waals surface area contributed by atoms with Crippen LogP contribution in [0.3, 0.4) is 0 Å². The van der Waals surface area contributed by atoms with Crippen molar-refractivity contribution >= 4 is 34.1 Å². The average Bonchev–Trinajstić information content (AvgIpc) is 2.74. The number of carboxylic acid groups (broad SMARTS) is 1. The van der Waals surface area contributed by atoms with E-state index in [1.807, 2.05) is 0 Å². The highest BCUT2D eigenvalue weighted by atomic mass is 32.2. The molecule has 1 amide bonds. The number of aromatic nitrogens is 2. The quantitative estimate of drug-likeness (QED) is 0.796. The maximum absolute atomic E-state index is 12.4. The van der Waals surface area contributed by atoms with E-state index in [0.717, 1.165) is 8.28 Å². The molecular weight excluding hydrogens is 312 g/mol. The van der Waals surface area contributed by atoms with E-state index in [2.05, 4.69) is 10.3 Å². The minimum atomic E-state index is -3.89. The molecule has 0 radical (unpaired) electrons. The van der Waals surface area contributed by atoms with Gasteiger partial charge in [0.25, 0.3) is 0 Å². The van der Waals surface area contributed by atoms with E-state index in [1.54, 1.807) is 0 Å². The Hall–Kier alpha value is -2.20. The third-order valence-corrected chi connectivity index (χ3v) is 4.93. The third kappa shape index (κ3) is 2.74. The van der Waals surface area contributed by atoms with Crippen molar-refractivity contribution in [1.29, 1.82) is 0 Å². The number of anilines is 1. The molecule has 1 aromatic rings. The number of rotatable bonds is 4. The Labute approximate surface area is 127 Å². The summed E-state index contributed by atoms with van der Waals surface area (Å²) in [5, 5.41) is 11.4. The van der Waals surface area contributed by atoms with Gasteiger partial charge in [0.1, 0.15) is 0 Å². The Morgan fingerprint density at radius 3 is 2.50 bits per heavy atom. The van der Waals surface area contributed by atoms with Crippen molar-refractivity contribution in [2.45, 2.75) is 19.8 Å². The van der Waals surface area contributed by atoms with Gasteiger partial charge in [0.05, 0.1) is 11.4 Å². The molecule has 0 aliphatic heterocycles. The summed E-state index contributed by atoms with van der Waals surface area (Å²) in [5.74, 6) is -1.69. The SMILES string of the molecule is CC(=O)Nc1nc2c(n1S(=O)(=O)N(C)C)CCC(C(=O)O)=C2. The van der Waals surface area contributed by atoms with Gasteiger partial charge in [-0.2, -0.15) is 16.7 Å². The highest BCUT2D eigenvalue weighted by Gasteiger charge is 2.30. The van der Waals surface area contributed by atoms with Gasteiger partial charge in [-0.05, 0) is 18.9 Å². The van der Waals surface area contributed by atoms with E-state index in [9.17, 15) is 18.0 Å². The number of nitrogens with zero attached hydrogens (tertiary/aromatic N) is 3. The number of nitrogens with one attached hydrogen (secondary N) is 1. The molecule has 0 saturated carbocycles. The predicted molar refractivity (Wildman–Crippen MR) is 78.5 cm³/mol. The molecule has 0 spiro atoms. The number of carboxylic acids is 1. The molecule has 22 heavy (non-hydrogen) atoms. The van der Waals surface area contributed by atoms with E-state index >= 15 is 0 Å². The molecule has 0 atom stereocenters. The predicted octanol–water partition coefficient (Wildman–Crippen LogP) is -0.0898. The maximum atomic E-state index is 12.4. The van der Waals surface area contributed by atoms with E-state index < -0.39 is 22.1 Å². The van der Waals surface area contributed by atoms with Crippen molar-refractivity contribution in [1.82, 2.24) is 13.3 Å². The largest absolute Gasteiger partial charge is 0.478 e. The van der Waals surface area contributed by atoms with Gasteiger partial charge < -0.3 is 5.11 Å². The zero-order chi connectivity index (χ0) is 16.7. The lowest BCUT2D eigenvalue weighted by atomic mass is 10.0. The number of aliphatic carboxylic acids is 1. The molecule has 10 heteroatoms. The number of amides is 1. The van der Waals surface area contributed by atoms with Gasteiger partial charge in [-0.1, -0.05) is 0 Å². The van der Waals surface area contributed by atoms with E-state index in [1.165, 1.54) is 27.1 Å². The second-order valence-electron chi connectivity index (χ2n) is 4.98. The van der Waals surface area contributed by atoms with E-state index in [4.69, 9.17) is 5.11 Å². The molecular formula is C12H16N4O5S. The van der Waals surface area contributed by atoms with Gasteiger partial charge in [-0.3, -0.25) is 10.1 Å². The fraction of sp³-hybridized carbons (Fsp3) is 0.417.